The molecule has 0 aliphatic heterocycles. The van der Waals surface area contributed by atoms with E-state index in [1.54, 1.807) is 7.11 Å². The highest BCUT2D eigenvalue weighted by atomic mass is 16.5. The summed E-state index contributed by atoms with van der Waals surface area (Å²) >= 11 is 0. The number of rotatable bonds is 7. The van der Waals surface area contributed by atoms with E-state index in [9.17, 15) is 0 Å². The molecule has 2 aromatic rings. The summed E-state index contributed by atoms with van der Waals surface area (Å²) in [6.45, 7) is 5.79. The molecule has 1 heterocycles. The molecule has 0 saturated heterocycles. The van der Waals surface area contributed by atoms with Crippen molar-refractivity contribution >= 4 is 5.69 Å². The standard InChI is InChI=1S/C15H21N3O2/c1-11-4-5-14(15(8-11)20-7-6-19-3)17-10-13-9-16-12(2)18-13/h4-5,8-9,17H,6-7,10H2,1-3H3,(H,16,18). The van der Waals surface area contributed by atoms with Gasteiger partial charge in [-0.15, -0.1) is 0 Å². The zero-order valence-corrected chi connectivity index (χ0v) is 12.2. The van der Waals surface area contributed by atoms with E-state index in [1.807, 2.05) is 32.2 Å². The number of benzene rings is 1. The van der Waals surface area contributed by atoms with Crippen LogP contribution in [0.2, 0.25) is 0 Å². The molecule has 0 aliphatic carbocycles. The molecule has 1 aromatic heterocycles. The van der Waals surface area contributed by atoms with Crippen LogP contribution in [0.25, 0.3) is 0 Å². The number of anilines is 1. The van der Waals surface area contributed by atoms with Crippen LogP contribution in [0.3, 0.4) is 0 Å². The van der Waals surface area contributed by atoms with Gasteiger partial charge < -0.3 is 19.8 Å². The zero-order valence-electron chi connectivity index (χ0n) is 12.2. The van der Waals surface area contributed by atoms with Crippen molar-refractivity contribution in [2.24, 2.45) is 0 Å². The molecule has 2 rings (SSSR count). The van der Waals surface area contributed by atoms with Crippen LogP contribution >= 0.6 is 0 Å². The number of methoxy groups -OCH3 is 1. The Kier molecular flexibility index (Phi) is 5.01. The first kappa shape index (κ1) is 14.4. The van der Waals surface area contributed by atoms with Crippen LogP contribution in [0, 0.1) is 13.8 Å². The predicted octanol–water partition coefficient (Wildman–Crippen LogP) is 2.66. The predicted molar refractivity (Wildman–Crippen MR) is 79.2 cm³/mol. The number of aromatic amines is 1. The SMILES string of the molecule is COCCOc1cc(C)ccc1NCc1cnc(C)[nH]1. The molecule has 0 aliphatic rings. The molecule has 2 N–H and O–H groups in total. The fourth-order valence-corrected chi connectivity index (χ4v) is 1.88. The minimum absolute atomic E-state index is 0.539. The van der Waals surface area contributed by atoms with Crippen LogP contribution in [0.5, 0.6) is 5.75 Å². The number of H-pyrrole nitrogens is 1. The van der Waals surface area contributed by atoms with Crippen molar-refractivity contribution in [3.63, 3.8) is 0 Å². The minimum Gasteiger partial charge on any atom is -0.489 e. The number of imidazole rings is 1. The number of ether oxygens (including phenoxy) is 2. The van der Waals surface area contributed by atoms with Crippen LogP contribution in [0.1, 0.15) is 17.1 Å². The Labute approximate surface area is 119 Å². The van der Waals surface area contributed by atoms with Crippen LogP contribution in [-0.2, 0) is 11.3 Å². The van der Waals surface area contributed by atoms with Gasteiger partial charge in [-0.05, 0) is 31.5 Å². The van der Waals surface area contributed by atoms with Crippen molar-refractivity contribution in [2.45, 2.75) is 20.4 Å². The van der Waals surface area contributed by atoms with Gasteiger partial charge in [0.2, 0.25) is 0 Å². The Balaban J connectivity index is 2.01. The second kappa shape index (κ2) is 6.96. The van der Waals surface area contributed by atoms with Crippen LogP contribution < -0.4 is 10.1 Å². The van der Waals surface area contributed by atoms with Crippen LogP contribution in [0.4, 0.5) is 5.69 Å². The third-order valence-electron chi connectivity index (χ3n) is 2.91. The van der Waals surface area contributed by atoms with Gasteiger partial charge in [0.25, 0.3) is 0 Å². The van der Waals surface area contributed by atoms with Gasteiger partial charge in [0.15, 0.2) is 0 Å². The van der Waals surface area contributed by atoms with Crippen LogP contribution in [0.15, 0.2) is 24.4 Å². The lowest BCUT2D eigenvalue weighted by Gasteiger charge is -2.13. The Morgan fingerprint density at radius 2 is 2.10 bits per heavy atom. The van der Waals surface area contributed by atoms with Crippen molar-refractivity contribution in [2.75, 3.05) is 25.6 Å². The molecular weight excluding hydrogens is 254 g/mol. The van der Waals surface area contributed by atoms with Gasteiger partial charge in [-0.1, -0.05) is 6.07 Å². The normalized spacial score (nSPS) is 10.6. The molecule has 0 saturated carbocycles. The van der Waals surface area contributed by atoms with Crippen molar-refractivity contribution in [3.8, 4) is 5.75 Å². The lowest BCUT2D eigenvalue weighted by atomic mass is 10.2. The molecule has 5 nitrogen and oxygen atoms in total. The molecule has 0 spiro atoms. The van der Waals surface area contributed by atoms with Crippen molar-refractivity contribution in [3.05, 3.63) is 41.5 Å². The topological polar surface area (TPSA) is 59.2 Å². The summed E-state index contributed by atoms with van der Waals surface area (Å²) in [6, 6.07) is 6.11. The maximum atomic E-state index is 5.74. The van der Waals surface area contributed by atoms with E-state index < -0.39 is 0 Å². The highest BCUT2D eigenvalue weighted by Crippen LogP contribution is 2.26. The van der Waals surface area contributed by atoms with Gasteiger partial charge in [0.1, 0.15) is 18.2 Å². The lowest BCUT2D eigenvalue weighted by Crippen LogP contribution is -2.07. The van der Waals surface area contributed by atoms with Gasteiger partial charge in [-0.2, -0.15) is 0 Å². The number of hydrogen-bond donors (Lipinski definition) is 2. The van der Waals surface area contributed by atoms with Gasteiger partial charge in [0.05, 0.1) is 30.7 Å². The van der Waals surface area contributed by atoms with Crippen LogP contribution in [-0.4, -0.2) is 30.3 Å². The van der Waals surface area contributed by atoms with E-state index in [0.717, 1.165) is 23.0 Å². The smallest absolute Gasteiger partial charge is 0.142 e. The Morgan fingerprint density at radius 1 is 1.25 bits per heavy atom. The second-order valence-electron chi connectivity index (χ2n) is 4.69. The summed E-state index contributed by atoms with van der Waals surface area (Å²) in [7, 11) is 1.67. The fourth-order valence-electron chi connectivity index (χ4n) is 1.88. The first-order valence-electron chi connectivity index (χ1n) is 6.66. The van der Waals surface area contributed by atoms with Gasteiger partial charge >= 0.3 is 0 Å². The molecule has 1 aromatic carbocycles. The fraction of sp³-hybridized carbons (Fsp3) is 0.400. The first-order chi connectivity index (χ1) is 9.69. The largest absolute Gasteiger partial charge is 0.489 e. The summed E-state index contributed by atoms with van der Waals surface area (Å²) in [5, 5.41) is 3.36. The number of aromatic nitrogens is 2. The third-order valence-corrected chi connectivity index (χ3v) is 2.91. The highest BCUT2D eigenvalue weighted by molar-refractivity contribution is 5.57. The van der Waals surface area contributed by atoms with Gasteiger partial charge in [-0.3, -0.25) is 0 Å². The average molecular weight is 275 g/mol. The van der Waals surface area contributed by atoms with Crippen molar-refractivity contribution < 1.29 is 9.47 Å². The summed E-state index contributed by atoms with van der Waals surface area (Å²) in [5.41, 5.74) is 3.19. The Hall–Kier alpha value is -2.01. The molecule has 0 bridgehead atoms. The first-order valence-corrected chi connectivity index (χ1v) is 6.66. The molecule has 0 radical (unpaired) electrons. The van der Waals surface area contributed by atoms with E-state index in [4.69, 9.17) is 9.47 Å². The molecule has 20 heavy (non-hydrogen) atoms. The quantitative estimate of drug-likeness (QED) is 0.763. The van der Waals surface area contributed by atoms with Gasteiger partial charge in [0, 0.05) is 7.11 Å². The molecule has 0 fully saturated rings. The summed E-state index contributed by atoms with van der Waals surface area (Å²) < 4.78 is 10.7. The second-order valence-corrected chi connectivity index (χ2v) is 4.69. The molecule has 5 heteroatoms. The Bertz CT molecular complexity index is 552. The van der Waals surface area contributed by atoms with Gasteiger partial charge in [-0.25, -0.2) is 4.98 Å². The average Bonchev–Trinajstić information content (AvgIpc) is 2.84. The van der Waals surface area contributed by atoms with E-state index in [1.165, 1.54) is 5.56 Å². The molecule has 108 valence electrons. The van der Waals surface area contributed by atoms with E-state index >= 15 is 0 Å². The molecule has 0 amide bonds. The number of nitrogens with zero attached hydrogens (tertiary/aromatic N) is 1. The lowest BCUT2D eigenvalue weighted by molar-refractivity contribution is 0.146. The third kappa shape index (κ3) is 3.99. The zero-order chi connectivity index (χ0) is 14.4. The van der Waals surface area contributed by atoms with E-state index in [2.05, 4.69) is 21.4 Å². The number of hydrogen-bond acceptors (Lipinski definition) is 4. The summed E-state index contributed by atoms with van der Waals surface area (Å²) in [6.07, 6.45) is 1.84. The Morgan fingerprint density at radius 3 is 2.80 bits per heavy atom. The van der Waals surface area contributed by atoms with E-state index in [0.29, 0.717) is 19.8 Å². The summed E-state index contributed by atoms with van der Waals surface area (Å²) in [4.78, 5) is 7.38. The summed E-state index contributed by atoms with van der Waals surface area (Å²) in [5.74, 6) is 1.76. The maximum absolute atomic E-state index is 5.74. The van der Waals surface area contributed by atoms with Crippen molar-refractivity contribution in [1.82, 2.24) is 9.97 Å². The van der Waals surface area contributed by atoms with Crippen molar-refractivity contribution in [1.29, 1.82) is 0 Å². The number of nitrogens with one attached hydrogen (secondary N) is 2. The highest BCUT2D eigenvalue weighted by Gasteiger charge is 2.05. The molecule has 0 unspecified atom stereocenters. The minimum atomic E-state index is 0.539. The molecular formula is C15H21N3O2. The maximum Gasteiger partial charge on any atom is 0.142 e. The monoisotopic (exact) mass is 275 g/mol. The van der Waals surface area contributed by atoms with E-state index in [-0.39, 0.29) is 0 Å². The molecule has 0 atom stereocenters. The number of aryl methyl sites for hydroxylation is 2.